The van der Waals surface area contributed by atoms with Crippen molar-refractivity contribution in [3.8, 4) is 0 Å². The van der Waals surface area contributed by atoms with Gasteiger partial charge in [0.15, 0.2) is 17.5 Å². The molecule has 2 heterocycles. The van der Waals surface area contributed by atoms with Gasteiger partial charge in [0, 0.05) is 41.8 Å². The molecule has 4 nitrogen and oxygen atoms in total. The van der Waals surface area contributed by atoms with Gasteiger partial charge in [0.2, 0.25) is 5.91 Å². The van der Waals surface area contributed by atoms with Crippen LogP contribution in [0.1, 0.15) is 27.2 Å². The van der Waals surface area contributed by atoms with Gasteiger partial charge in [-0.15, -0.1) is 0 Å². The number of primary amides is 1. The number of carbonyl (C=O) groups excluding carboxylic acids is 1. The van der Waals surface area contributed by atoms with E-state index in [1.165, 1.54) is 0 Å². The Morgan fingerprint density at radius 3 is 2.57 bits per heavy atom. The summed E-state index contributed by atoms with van der Waals surface area (Å²) in [5.41, 5.74) is 9.48. The Morgan fingerprint density at radius 2 is 1.86 bits per heavy atom. The standard InChI is InChI=1S/C21H16F3N3O/c22-17-9-12(10-18(23)20(17)24)8-13-11-14(4-6-26-13)27-7-5-15-16(21(25)28)2-1-3-19(15)27/h1-4,6,9-11H,5,7-8H2,(H2,25,28). The molecule has 1 amide bonds. The van der Waals surface area contributed by atoms with Gasteiger partial charge in [0.05, 0.1) is 0 Å². The largest absolute Gasteiger partial charge is 0.366 e. The molecule has 0 saturated heterocycles. The summed E-state index contributed by atoms with van der Waals surface area (Å²) in [5, 5.41) is 0. The Kier molecular flexibility index (Phi) is 4.50. The third-order valence-electron chi connectivity index (χ3n) is 4.83. The van der Waals surface area contributed by atoms with Gasteiger partial charge in [-0.2, -0.15) is 0 Å². The zero-order valence-electron chi connectivity index (χ0n) is 14.8. The van der Waals surface area contributed by atoms with Crippen molar-refractivity contribution in [1.29, 1.82) is 0 Å². The second kappa shape index (κ2) is 6.99. The average molecular weight is 383 g/mol. The Morgan fingerprint density at radius 1 is 1.11 bits per heavy atom. The Hall–Kier alpha value is -3.35. The van der Waals surface area contributed by atoms with Crippen molar-refractivity contribution in [3.63, 3.8) is 0 Å². The van der Waals surface area contributed by atoms with E-state index in [4.69, 9.17) is 5.73 Å². The summed E-state index contributed by atoms with van der Waals surface area (Å²) >= 11 is 0. The van der Waals surface area contributed by atoms with E-state index in [2.05, 4.69) is 4.98 Å². The fourth-order valence-corrected chi connectivity index (χ4v) is 3.58. The minimum Gasteiger partial charge on any atom is -0.366 e. The number of carbonyl (C=O) groups is 1. The van der Waals surface area contributed by atoms with Crippen LogP contribution in [0.25, 0.3) is 0 Å². The molecule has 0 spiro atoms. The Labute approximate surface area is 159 Å². The first kappa shape index (κ1) is 18.0. The molecular weight excluding hydrogens is 367 g/mol. The Bertz CT molecular complexity index is 1060. The first-order valence-corrected chi connectivity index (χ1v) is 8.71. The van der Waals surface area contributed by atoms with Crippen LogP contribution in [-0.4, -0.2) is 17.4 Å². The number of nitrogens with two attached hydrogens (primary N) is 1. The second-order valence-electron chi connectivity index (χ2n) is 6.62. The van der Waals surface area contributed by atoms with Crippen LogP contribution < -0.4 is 10.6 Å². The lowest BCUT2D eigenvalue weighted by molar-refractivity contribution is 0.0999. The SMILES string of the molecule is NC(=O)c1cccc2c1CCN2c1ccnc(Cc2cc(F)c(F)c(F)c2)c1. The highest BCUT2D eigenvalue weighted by molar-refractivity contribution is 5.97. The van der Waals surface area contributed by atoms with Crippen LogP contribution in [0.15, 0.2) is 48.7 Å². The number of aromatic nitrogens is 1. The molecule has 28 heavy (non-hydrogen) atoms. The van der Waals surface area contributed by atoms with Crippen LogP contribution >= 0.6 is 0 Å². The van der Waals surface area contributed by atoms with Gasteiger partial charge in [-0.3, -0.25) is 9.78 Å². The van der Waals surface area contributed by atoms with Gasteiger partial charge in [0.1, 0.15) is 0 Å². The fourth-order valence-electron chi connectivity index (χ4n) is 3.58. The van der Waals surface area contributed by atoms with Crippen LogP contribution in [0.5, 0.6) is 0 Å². The quantitative estimate of drug-likeness (QED) is 0.696. The van der Waals surface area contributed by atoms with Gasteiger partial charge < -0.3 is 10.6 Å². The molecule has 2 N–H and O–H groups in total. The molecule has 0 fully saturated rings. The molecule has 4 rings (SSSR count). The lowest BCUT2D eigenvalue weighted by Gasteiger charge is -2.20. The molecule has 0 saturated carbocycles. The van der Waals surface area contributed by atoms with E-state index in [1.54, 1.807) is 18.3 Å². The number of anilines is 2. The third kappa shape index (κ3) is 3.19. The van der Waals surface area contributed by atoms with E-state index in [1.807, 2.05) is 23.1 Å². The zero-order chi connectivity index (χ0) is 19.8. The van der Waals surface area contributed by atoms with Crippen molar-refractivity contribution in [2.75, 3.05) is 11.4 Å². The van der Waals surface area contributed by atoms with Gasteiger partial charge in [-0.1, -0.05) is 6.07 Å². The molecule has 1 aliphatic rings. The van der Waals surface area contributed by atoms with Crippen LogP contribution in [0.2, 0.25) is 0 Å². The third-order valence-corrected chi connectivity index (χ3v) is 4.83. The molecule has 142 valence electrons. The number of hydrogen-bond donors (Lipinski definition) is 1. The first-order chi connectivity index (χ1) is 13.4. The number of hydrogen-bond acceptors (Lipinski definition) is 3. The molecule has 0 aliphatic carbocycles. The normalized spacial score (nSPS) is 12.9. The van der Waals surface area contributed by atoms with Crippen LogP contribution in [0.3, 0.4) is 0 Å². The van der Waals surface area contributed by atoms with Gasteiger partial charge in [0.25, 0.3) is 0 Å². The number of nitrogens with zero attached hydrogens (tertiary/aromatic N) is 2. The van der Waals surface area contributed by atoms with E-state index in [0.29, 0.717) is 29.8 Å². The molecule has 2 aromatic carbocycles. The van der Waals surface area contributed by atoms with Crippen LogP contribution in [-0.2, 0) is 12.8 Å². The maximum Gasteiger partial charge on any atom is 0.249 e. The van der Waals surface area contributed by atoms with E-state index in [-0.39, 0.29) is 6.42 Å². The highest BCUT2D eigenvalue weighted by atomic mass is 19.2. The number of benzene rings is 2. The average Bonchev–Trinajstić information content (AvgIpc) is 3.10. The van der Waals surface area contributed by atoms with Crippen molar-refractivity contribution in [2.45, 2.75) is 12.8 Å². The minimum atomic E-state index is -1.48. The maximum atomic E-state index is 13.5. The molecule has 0 unspecified atom stereocenters. The monoisotopic (exact) mass is 383 g/mol. The lowest BCUT2D eigenvalue weighted by Crippen LogP contribution is -2.14. The summed E-state index contributed by atoms with van der Waals surface area (Å²) < 4.78 is 40.1. The molecule has 1 aliphatic heterocycles. The van der Waals surface area contributed by atoms with Crippen LogP contribution in [0, 0.1) is 17.5 Å². The van der Waals surface area contributed by atoms with E-state index >= 15 is 0 Å². The molecule has 3 aromatic rings. The second-order valence-corrected chi connectivity index (χ2v) is 6.62. The lowest BCUT2D eigenvalue weighted by atomic mass is 10.0. The maximum absolute atomic E-state index is 13.5. The molecular formula is C21H16F3N3O. The van der Waals surface area contributed by atoms with E-state index in [9.17, 15) is 18.0 Å². The Balaban J connectivity index is 1.65. The minimum absolute atomic E-state index is 0.157. The summed E-state index contributed by atoms with van der Waals surface area (Å²) in [6.07, 6.45) is 2.45. The van der Waals surface area contributed by atoms with Gasteiger partial charge in [-0.05, 0) is 53.9 Å². The molecule has 1 aromatic heterocycles. The number of fused-ring (bicyclic) bond motifs is 1. The predicted octanol–water partition coefficient (Wildman–Crippen LogP) is 3.88. The summed E-state index contributed by atoms with van der Waals surface area (Å²) in [5.74, 6) is -4.39. The van der Waals surface area contributed by atoms with Crippen molar-refractivity contribution in [3.05, 3.63) is 88.5 Å². The number of rotatable bonds is 4. The van der Waals surface area contributed by atoms with Gasteiger partial charge in [-0.25, -0.2) is 13.2 Å². The summed E-state index contributed by atoms with van der Waals surface area (Å²) in [7, 11) is 0. The van der Waals surface area contributed by atoms with Gasteiger partial charge >= 0.3 is 0 Å². The predicted molar refractivity (Wildman–Crippen MR) is 99.0 cm³/mol. The fraction of sp³-hybridized carbons (Fsp3) is 0.143. The number of pyridine rings is 1. The number of amides is 1. The summed E-state index contributed by atoms with van der Waals surface area (Å²) in [6.45, 7) is 0.670. The van der Waals surface area contributed by atoms with E-state index < -0.39 is 23.4 Å². The van der Waals surface area contributed by atoms with Crippen molar-refractivity contribution < 1.29 is 18.0 Å². The topological polar surface area (TPSA) is 59.2 Å². The van der Waals surface area contributed by atoms with Crippen molar-refractivity contribution >= 4 is 17.3 Å². The van der Waals surface area contributed by atoms with Crippen molar-refractivity contribution in [2.24, 2.45) is 5.73 Å². The highest BCUT2D eigenvalue weighted by Crippen LogP contribution is 2.36. The van der Waals surface area contributed by atoms with Crippen molar-refractivity contribution in [1.82, 2.24) is 4.98 Å². The number of halogens is 3. The summed E-state index contributed by atoms with van der Waals surface area (Å²) in [6, 6.07) is 11.0. The summed E-state index contributed by atoms with van der Waals surface area (Å²) in [4.78, 5) is 17.9. The molecule has 0 atom stereocenters. The highest BCUT2D eigenvalue weighted by Gasteiger charge is 2.24. The molecule has 0 bridgehead atoms. The first-order valence-electron chi connectivity index (χ1n) is 8.71. The van der Waals surface area contributed by atoms with Crippen LogP contribution in [0.4, 0.5) is 24.5 Å². The molecule has 0 radical (unpaired) electrons. The smallest absolute Gasteiger partial charge is 0.249 e. The van der Waals surface area contributed by atoms with E-state index in [0.717, 1.165) is 29.1 Å². The zero-order valence-corrected chi connectivity index (χ0v) is 14.8. The molecule has 7 heteroatoms.